The first-order valence-electron chi connectivity index (χ1n) is 9.64. The van der Waals surface area contributed by atoms with Crippen LogP contribution in [0.4, 0.5) is 5.69 Å². The van der Waals surface area contributed by atoms with Gasteiger partial charge >= 0.3 is 0 Å². The number of carbonyl (C=O) groups is 1. The van der Waals surface area contributed by atoms with Gasteiger partial charge in [-0.3, -0.25) is 4.79 Å². The van der Waals surface area contributed by atoms with Gasteiger partial charge in [0.2, 0.25) is 0 Å². The fraction of sp³-hybridized carbons (Fsp3) is 0.120. The topological polar surface area (TPSA) is 71.3 Å². The third kappa shape index (κ3) is 6.22. The fourth-order valence-corrected chi connectivity index (χ4v) is 3.52. The number of benzene rings is 3. The summed E-state index contributed by atoms with van der Waals surface area (Å²) in [5.41, 5.74) is 3.30. The third-order valence-corrected chi connectivity index (χ3v) is 5.78. The minimum Gasteiger partial charge on any atom is -0.493 e. The number of hydrogen-bond acceptors (Lipinski definition) is 4. The van der Waals surface area contributed by atoms with Gasteiger partial charge in [-0.15, -0.1) is 0 Å². The van der Waals surface area contributed by atoms with Gasteiger partial charge in [0.15, 0.2) is 11.5 Å². The van der Waals surface area contributed by atoms with Crippen molar-refractivity contribution in [1.29, 1.82) is 5.26 Å². The summed E-state index contributed by atoms with van der Waals surface area (Å²) in [4.78, 5) is 12.6. The predicted octanol–water partition coefficient (Wildman–Crippen LogP) is 6.65. The zero-order chi connectivity index (χ0) is 23.1. The van der Waals surface area contributed by atoms with Gasteiger partial charge in [-0.25, -0.2) is 0 Å². The predicted molar refractivity (Wildman–Crippen MR) is 133 cm³/mol. The molecule has 3 aromatic rings. The number of anilines is 1. The number of nitrogens with zero attached hydrogens (tertiary/aromatic N) is 1. The van der Waals surface area contributed by atoms with Crippen molar-refractivity contribution in [3.63, 3.8) is 0 Å². The summed E-state index contributed by atoms with van der Waals surface area (Å²) < 4.78 is 13.1. The molecule has 0 saturated carbocycles. The van der Waals surface area contributed by atoms with Gasteiger partial charge in [-0.2, -0.15) is 5.26 Å². The van der Waals surface area contributed by atoms with E-state index in [0.717, 1.165) is 15.6 Å². The Balaban J connectivity index is 1.80. The van der Waals surface area contributed by atoms with E-state index in [1.807, 2.05) is 49.4 Å². The molecule has 0 fully saturated rings. The molecule has 3 aromatic carbocycles. The maximum atomic E-state index is 12.6. The minimum absolute atomic E-state index is 0.0307. The van der Waals surface area contributed by atoms with Crippen LogP contribution in [0.1, 0.15) is 16.7 Å². The molecule has 0 aliphatic rings. The van der Waals surface area contributed by atoms with Crippen molar-refractivity contribution in [2.75, 3.05) is 12.4 Å². The molecule has 0 aliphatic carbocycles. The quantitative estimate of drug-likeness (QED) is 0.261. The maximum Gasteiger partial charge on any atom is 0.266 e. The first-order chi connectivity index (χ1) is 15.4. The number of hydrogen-bond donors (Lipinski definition) is 1. The largest absolute Gasteiger partial charge is 0.493 e. The molecule has 0 heterocycles. The van der Waals surface area contributed by atoms with Crippen LogP contribution < -0.4 is 14.8 Å². The SMILES string of the molecule is COc1cc(/C=C(\C#N)C(=O)Nc2ccc(C)cc2)c(Br)cc1OCc1ccc(Br)cc1. The van der Waals surface area contributed by atoms with Gasteiger partial charge in [0.05, 0.1) is 7.11 Å². The Morgan fingerprint density at radius 1 is 1.06 bits per heavy atom. The highest BCUT2D eigenvalue weighted by molar-refractivity contribution is 9.10. The van der Waals surface area contributed by atoms with E-state index in [2.05, 4.69) is 37.2 Å². The lowest BCUT2D eigenvalue weighted by Crippen LogP contribution is -2.13. The van der Waals surface area contributed by atoms with Crippen molar-refractivity contribution >= 4 is 49.5 Å². The van der Waals surface area contributed by atoms with Gasteiger partial charge in [-0.1, -0.05) is 61.7 Å². The maximum absolute atomic E-state index is 12.6. The first kappa shape index (κ1) is 23.6. The Morgan fingerprint density at radius 2 is 1.75 bits per heavy atom. The number of amides is 1. The van der Waals surface area contributed by atoms with E-state index in [1.54, 1.807) is 31.4 Å². The summed E-state index contributed by atoms with van der Waals surface area (Å²) in [5.74, 6) is 0.549. The van der Waals surface area contributed by atoms with Crippen LogP contribution in [0.15, 0.2) is 75.2 Å². The second-order valence-electron chi connectivity index (χ2n) is 6.93. The fourth-order valence-electron chi connectivity index (χ4n) is 2.81. The van der Waals surface area contributed by atoms with Gasteiger partial charge in [0.1, 0.15) is 18.2 Å². The molecule has 0 saturated heterocycles. The van der Waals surface area contributed by atoms with Gasteiger partial charge in [0.25, 0.3) is 5.91 Å². The number of aryl methyl sites for hydroxylation is 1. The van der Waals surface area contributed by atoms with E-state index >= 15 is 0 Å². The number of halogens is 2. The van der Waals surface area contributed by atoms with E-state index in [9.17, 15) is 10.1 Å². The molecule has 0 bridgehead atoms. The number of nitrogens with one attached hydrogen (secondary N) is 1. The standard InChI is InChI=1S/C25H20Br2N2O3/c1-16-3-9-21(10-4-16)29-25(30)19(14-28)11-18-12-23(31-2)24(13-22(18)27)32-15-17-5-7-20(26)8-6-17/h3-13H,15H2,1-2H3,(H,29,30)/b19-11+. The summed E-state index contributed by atoms with van der Waals surface area (Å²) in [5, 5.41) is 12.3. The molecule has 7 heteroatoms. The van der Waals surface area contributed by atoms with Crippen LogP contribution in [0.25, 0.3) is 6.08 Å². The Labute approximate surface area is 203 Å². The first-order valence-corrected chi connectivity index (χ1v) is 11.2. The molecule has 3 rings (SSSR count). The molecule has 0 aromatic heterocycles. The van der Waals surface area contributed by atoms with Crippen molar-refractivity contribution < 1.29 is 14.3 Å². The average molecular weight is 556 g/mol. The lowest BCUT2D eigenvalue weighted by atomic mass is 10.1. The molecule has 0 radical (unpaired) electrons. The van der Waals surface area contributed by atoms with E-state index in [1.165, 1.54) is 6.08 Å². The van der Waals surface area contributed by atoms with Crippen LogP contribution in [-0.2, 0) is 11.4 Å². The second kappa shape index (κ2) is 11.0. The highest BCUT2D eigenvalue weighted by Crippen LogP contribution is 2.35. The van der Waals surface area contributed by atoms with Crippen molar-refractivity contribution in [1.82, 2.24) is 0 Å². The van der Waals surface area contributed by atoms with Crippen molar-refractivity contribution in [3.8, 4) is 17.6 Å². The Morgan fingerprint density at radius 3 is 2.38 bits per heavy atom. The number of ether oxygens (including phenoxy) is 2. The number of rotatable bonds is 7. The summed E-state index contributed by atoms with van der Waals surface area (Å²) in [6, 6.07) is 20.6. The molecule has 0 spiro atoms. The van der Waals surface area contributed by atoms with Gasteiger partial charge < -0.3 is 14.8 Å². The van der Waals surface area contributed by atoms with Gasteiger partial charge in [-0.05, 0) is 60.5 Å². The normalized spacial score (nSPS) is 10.9. The number of carbonyl (C=O) groups excluding carboxylic acids is 1. The van der Waals surface area contributed by atoms with Crippen molar-refractivity contribution in [3.05, 3.63) is 91.9 Å². The monoisotopic (exact) mass is 554 g/mol. The highest BCUT2D eigenvalue weighted by atomic mass is 79.9. The lowest BCUT2D eigenvalue weighted by Gasteiger charge is -2.13. The summed E-state index contributed by atoms with van der Waals surface area (Å²) >= 11 is 6.92. The molecule has 162 valence electrons. The summed E-state index contributed by atoms with van der Waals surface area (Å²) in [6.07, 6.45) is 1.51. The summed E-state index contributed by atoms with van der Waals surface area (Å²) in [6.45, 7) is 2.33. The van der Waals surface area contributed by atoms with E-state index in [0.29, 0.717) is 33.8 Å². The van der Waals surface area contributed by atoms with E-state index < -0.39 is 5.91 Å². The Bertz CT molecular complexity index is 1180. The molecule has 1 N–H and O–H groups in total. The Kier molecular flexibility index (Phi) is 8.09. The summed E-state index contributed by atoms with van der Waals surface area (Å²) in [7, 11) is 1.54. The van der Waals surface area contributed by atoms with Crippen LogP contribution in [0.3, 0.4) is 0 Å². The molecule has 5 nitrogen and oxygen atoms in total. The van der Waals surface area contributed by atoms with Crippen LogP contribution in [0.2, 0.25) is 0 Å². The zero-order valence-electron chi connectivity index (χ0n) is 17.5. The van der Waals surface area contributed by atoms with Crippen LogP contribution >= 0.6 is 31.9 Å². The highest BCUT2D eigenvalue weighted by Gasteiger charge is 2.14. The van der Waals surface area contributed by atoms with Crippen LogP contribution in [0.5, 0.6) is 11.5 Å². The smallest absolute Gasteiger partial charge is 0.266 e. The van der Waals surface area contributed by atoms with Crippen molar-refractivity contribution in [2.24, 2.45) is 0 Å². The molecule has 0 unspecified atom stereocenters. The molecule has 0 aliphatic heterocycles. The van der Waals surface area contributed by atoms with E-state index in [-0.39, 0.29) is 5.57 Å². The number of methoxy groups -OCH3 is 1. The third-order valence-electron chi connectivity index (χ3n) is 4.56. The molecule has 0 atom stereocenters. The lowest BCUT2D eigenvalue weighted by molar-refractivity contribution is -0.112. The number of nitriles is 1. The molecule has 32 heavy (non-hydrogen) atoms. The molecular formula is C25H20Br2N2O3. The molecular weight excluding hydrogens is 536 g/mol. The van der Waals surface area contributed by atoms with E-state index in [4.69, 9.17) is 9.47 Å². The Hall–Kier alpha value is -3.08. The molecule has 1 amide bonds. The second-order valence-corrected chi connectivity index (χ2v) is 8.70. The van der Waals surface area contributed by atoms with Crippen LogP contribution in [-0.4, -0.2) is 13.0 Å². The average Bonchev–Trinajstić information content (AvgIpc) is 2.79. The van der Waals surface area contributed by atoms with Crippen molar-refractivity contribution in [2.45, 2.75) is 13.5 Å². The zero-order valence-corrected chi connectivity index (χ0v) is 20.7. The van der Waals surface area contributed by atoms with Crippen LogP contribution in [0, 0.1) is 18.3 Å². The van der Waals surface area contributed by atoms with Gasteiger partial charge in [0, 0.05) is 14.6 Å². The minimum atomic E-state index is -0.488.